The van der Waals surface area contributed by atoms with Gasteiger partial charge in [0, 0.05) is 44.8 Å². The Morgan fingerprint density at radius 2 is 1.82 bits per heavy atom. The van der Waals surface area contributed by atoms with Crippen LogP contribution in [0.25, 0.3) is 0 Å². The monoisotopic (exact) mass is 503 g/mol. The summed E-state index contributed by atoms with van der Waals surface area (Å²) in [6.45, 7) is 9.85. The van der Waals surface area contributed by atoms with Crippen LogP contribution in [0.2, 0.25) is 0 Å². The van der Waals surface area contributed by atoms with Crippen LogP contribution in [0.1, 0.15) is 19.4 Å². The lowest BCUT2D eigenvalue weighted by atomic mass is 10.0. The van der Waals surface area contributed by atoms with E-state index in [1.165, 1.54) is 5.56 Å². The SMILES string of the molecule is CN=C(NCC(Cc1ccccc1)N(C)C)NCC(C)(C)N1CCOCC1.I. The van der Waals surface area contributed by atoms with Gasteiger partial charge in [-0.3, -0.25) is 9.89 Å². The lowest BCUT2D eigenvalue weighted by Gasteiger charge is -2.41. The number of nitrogens with one attached hydrogen (secondary N) is 2. The Balaban J connectivity index is 0.00000392. The molecule has 1 unspecified atom stereocenters. The lowest BCUT2D eigenvalue weighted by Crippen LogP contribution is -2.57. The van der Waals surface area contributed by atoms with E-state index in [1.54, 1.807) is 0 Å². The van der Waals surface area contributed by atoms with E-state index in [1.807, 2.05) is 7.05 Å². The summed E-state index contributed by atoms with van der Waals surface area (Å²) in [5.74, 6) is 0.858. The highest BCUT2D eigenvalue weighted by atomic mass is 127. The first kappa shape index (κ1) is 25.1. The topological polar surface area (TPSA) is 52.1 Å². The van der Waals surface area contributed by atoms with Crippen LogP contribution in [-0.4, -0.2) is 87.9 Å². The highest BCUT2D eigenvalue weighted by molar-refractivity contribution is 14.0. The van der Waals surface area contributed by atoms with Gasteiger partial charge in [0.1, 0.15) is 0 Å². The molecule has 7 heteroatoms. The maximum atomic E-state index is 5.47. The smallest absolute Gasteiger partial charge is 0.191 e. The number of ether oxygens (including phenoxy) is 1. The molecule has 1 aliphatic rings. The van der Waals surface area contributed by atoms with Crippen molar-refractivity contribution in [3.63, 3.8) is 0 Å². The second-order valence-corrected chi connectivity index (χ2v) is 8.03. The normalized spacial score (nSPS) is 17.1. The van der Waals surface area contributed by atoms with Gasteiger partial charge in [0.2, 0.25) is 0 Å². The first-order valence-electron chi connectivity index (χ1n) is 9.90. The minimum atomic E-state index is 0. The highest BCUT2D eigenvalue weighted by Gasteiger charge is 2.28. The number of rotatable bonds is 8. The van der Waals surface area contributed by atoms with Crippen molar-refractivity contribution in [2.24, 2.45) is 4.99 Å². The van der Waals surface area contributed by atoms with Gasteiger partial charge in [0.05, 0.1) is 13.2 Å². The third-order valence-corrected chi connectivity index (χ3v) is 5.33. The zero-order chi connectivity index (χ0) is 19.7. The van der Waals surface area contributed by atoms with Gasteiger partial charge in [-0.1, -0.05) is 30.3 Å². The van der Waals surface area contributed by atoms with Gasteiger partial charge >= 0.3 is 0 Å². The highest BCUT2D eigenvalue weighted by Crippen LogP contribution is 2.15. The number of benzene rings is 1. The molecule has 0 aliphatic carbocycles. The van der Waals surface area contributed by atoms with Crippen LogP contribution in [0.5, 0.6) is 0 Å². The van der Waals surface area contributed by atoms with E-state index in [9.17, 15) is 0 Å². The van der Waals surface area contributed by atoms with Gasteiger partial charge < -0.3 is 20.3 Å². The van der Waals surface area contributed by atoms with E-state index < -0.39 is 0 Å². The van der Waals surface area contributed by atoms with Crippen molar-refractivity contribution in [3.05, 3.63) is 35.9 Å². The van der Waals surface area contributed by atoms with Crippen molar-refractivity contribution in [1.82, 2.24) is 20.4 Å². The summed E-state index contributed by atoms with van der Waals surface area (Å²) in [6, 6.07) is 11.0. The van der Waals surface area contributed by atoms with Crippen LogP contribution in [0, 0.1) is 0 Å². The molecule has 1 aromatic carbocycles. The zero-order valence-electron chi connectivity index (χ0n) is 18.1. The fourth-order valence-electron chi connectivity index (χ4n) is 3.34. The average Bonchev–Trinajstić information content (AvgIpc) is 2.68. The Labute approximate surface area is 188 Å². The van der Waals surface area contributed by atoms with Crippen LogP contribution < -0.4 is 10.6 Å². The molecule has 0 saturated carbocycles. The Hall–Kier alpha value is -0.900. The van der Waals surface area contributed by atoms with Crippen molar-refractivity contribution in [1.29, 1.82) is 0 Å². The summed E-state index contributed by atoms with van der Waals surface area (Å²) < 4.78 is 5.47. The summed E-state index contributed by atoms with van der Waals surface area (Å²) in [7, 11) is 6.10. The average molecular weight is 503 g/mol. The zero-order valence-corrected chi connectivity index (χ0v) is 20.4. The maximum absolute atomic E-state index is 5.47. The van der Waals surface area contributed by atoms with Crippen molar-refractivity contribution >= 4 is 29.9 Å². The predicted molar refractivity (Wildman–Crippen MR) is 129 cm³/mol. The number of aliphatic imine (C=N–C) groups is 1. The lowest BCUT2D eigenvalue weighted by molar-refractivity contribution is -0.00834. The predicted octanol–water partition coefficient (Wildman–Crippen LogP) is 2.05. The molecule has 2 N–H and O–H groups in total. The van der Waals surface area contributed by atoms with E-state index in [4.69, 9.17) is 4.74 Å². The quantitative estimate of drug-likeness (QED) is 0.323. The van der Waals surface area contributed by atoms with Crippen LogP contribution in [0.3, 0.4) is 0 Å². The molecule has 0 amide bonds. The Morgan fingerprint density at radius 1 is 1.18 bits per heavy atom. The van der Waals surface area contributed by atoms with Gasteiger partial charge in [-0.25, -0.2) is 0 Å². The summed E-state index contributed by atoms with van der Waals surface area (Å²) in [5.41, 5.74) is 1.42. The van der Waals surface area contributed by atoms with Crippen LogP contribution >= 0.6 is 24.0 Å². The number of halogens is 1. The van der Waals surface area contributed by atoms with Crippen molar-refractivity contribution in [2.75, 3.05) is 60.5 Å². The number of likely N-dealkylation sites (N-methyl/N-ethyl adjacent to an activating group) is 1. The van der Waals surface area contributed by atoms with E-state index in [0.717, 1.165) is 51.8 Å². The summed E-state index contributed by atoms with van der Waals surface area (Å²) in [5, 5.41) is 7.00. The fraction of sp³-hybridized carbons (Fsp3) is 0.667. The molecule has 0 radical (unpaired) electrons. The molecule has 1 heterocycles. The number of morpholine rings is 1. The Kier molecular flexibility index (Phi) is 11.3. The first-order chi connectivity index (χ1) is 12.9. The second-order valence-electron chi connectivity index (χ2n) is 8.03. The molecule has 0 aromatic heterocycles. The minimum absolute atomic E-state index is 0. The molecule has 160 valence electrons. The molecule has 0 bridgehead atoms. The molecule has 1 atom stereocenters. The van der Waals surface area contributed by atoms with Gasteiger partial charge in [-0.05, 0) is 39.9 Å². The van der Waals surface area contributed by atoms with Crippen molar-refractivity contribution in [2.45, 2.75) is 31.8 Å². The molecule has 1 fully saturated rings. The summed E-state index contributed by atoms with van der Waals surface area (Å²) in [6.07, 6.45) is 1.01. The maximum Gasteiger partial charge on any atom is 0.191 e. The minimum Gasteiger partial charge on any atom is -0.379 e. The van der Waals surface area contributed by atoms with E-state index >= 15 is 0 Å². The van der Waals surface area contributed by atoms with E-state index in [0.29, 0.717) is 6.04 Å². The Morgan fingerprint density at radius 3 is 2.39 bits per heavy atom. The van der Waals surface area contributed by atoms with E-state index in [-0.39, 0.29) is 29.5 Å². The molecule has 1 aromatic rings. The summed E-state index contributed by atoms with van der Waals surface area (Å²) >= 11 is 0. The number of guanidine groups is 1. The van der Waals surface area contributed by atoms with Gasteiger partial charge in [0.15, 0.2) is 5.96 Å². The molecular weight excluding hydrogens is 465 g/mol. The fourth-order valence-corrected chi connectivity index (χ4v) is 3.34. The van der Waals surface area contributed by atoms with Gasteiger partial charge in [-0.2, -0.15) is 0 Å². The van der Waals surface area contributed by atoms with Crippen LogP contribution in [0.15, 0.2) is 35.3 Å². The molecule has 6 nitrogen and oxygen atoms in total. The van der Waals surface area contributed by atoms with Crippen LogP contribution in [-0.2, 0) is 11.2 Å². The third kappa shape index (κ3) is 8.23. The second kappa shape index (κ2) is 12.6. The number of hydrogen-bond acceptors (Lipinski definition) is 4. The molecular formula is C21H38IN5O. The molecule has 2 rings (SSSR count). The van der Waals surface area contributed by atoms with Crippen LogP contribution in [0.4, 0.5) is 0 Å². The molecule has 1 aliphatic heterocycles. The molecule has 28 heavy (non-hydrogen) atoms. The summed E-state index contributed by atoms with van der Waals surface area (Å²) in [4.78, 5) is 9.16. The largest absolute Gasteiger partial charge is 0.379 e. The third-order valence-electron chi connectivity index (χ3n) is 5.33. The number of nitrogens with zero attached hydrogens (tertiary/aromatic N) is 3. The van der Waals surface area contributed by atoms with Gasteiger partial charge in [-0.15, -0.1) is 24.0 Å². The van der Waals surface area contributed by atoms with Crippen molar-refractivity contribution in [3.8, 4) is 0 Å². The first-order valence-corrected chi connectivity index (χ1v) is 9.90. The molecule has 0 spiro atoms. The Bertz CT molecular complexity index is 573. The standard InChI is InChI=1S/C21H37N5O.HI/c1-21(2,26-11-13-27-14-12-26)17-24-20(22-3)23-16-19(25(4)5)15-18-9-7-6-8-10-18;/h6-10,19H,11-17H2,1-5H3,(H2,22,23,24);1H. The van der Waals surface area contributed by atoms with E-state index in [2.05, 4.69) is 83.7 Å². The van der Waals surface area contributed by atoms with Gasteiger partial charge in [0.25, 0.3) is 0 Å². The molecule has 1 saturated heterocycles. The number of hydrogen-bond donors (Lipinski definition) is 2. The van der Waals surface area contributed by atoms with Crippen molar-refractivity contribution < 1.29 is 4.74 Å².